The zero-order chi connectivity index (χ0) is 8.48. The van der Waals surface area contributed by atoms with Crippen LogP contribution in [0.3, 0.4) is 0 Å². The van der Waals surface area contributed by atoms with E-state index in [0.29, 0.717) is 0 Å². The van der Waals surface area contributed by atoms with Crippen LogP contribution >= 0.6 is 0 Å². The molecule has 1 atom stereocenters. The molecule has 1 aliphatic heterocycles. The third kappa shape index (κ3) is 2.75. The summed E-state index contributed by atoms with van der Waals surface area (Å²) < 4.78 is 42.1. The quantitative estimate of drug-likeness (QED) is 0.547. The van der Waals surface area contributed by atoms with Gasteiger partial charge in [0.2, 0.25) is 0 Å². The molecular formula is C5H5F3O3. The molecule has 1 rings (SSSR count). The molecule has 0 saturated carbocycles. The van der Waals surface area contributed by atoms with Crippen molar-refractivity contribution in [2.24, 2.45) is 0 Å². The lowest BCUT2D eigenvalue weighted by atomic mass is 10.3. The second-order valence-electron chi connectivity index (χ2n) is 2.07. The van der Waals surface area contributed by atoms with Gasteiger partial charge in [0.15, 0.2) is 0 Å². The van der Waals surface area contributed by atoms with Gasteiger partial charge in [-0.1, -0.05) is 0 Å². The molecule has 0 bridgehead atoms. The van der Waals surface area contributed by atoms with Crippen LogP contribution in [-0.4, -0.2) is 25.0 Å². The number of carbonyl (C=O) groups is 1. The molecule has 0 aromatic carbocycles. The average Bonchev–Trinajstić information content (AvgIpc) is 2.10. The Balaban J connectivity index is 2.34. The number of ether oxygens (including phenoxy) is 2. The highest BCUT2D eigenvalue weighted by Crippen LogP contribution is 2.22. The zero-order valence-electron chi connectivity index (χ0n) is 5.35. The molecule has 6 heteroatoms. The van der Waals surface area contributed by atoms with Crippen molar-refractivity contribution in [3.63, 3.8) is 0 Å². The molecule has 1 unspecified atom stereocenters. The Morgan fingerprint density at radius 2 is 2.18 bits per heavy atom. The SMILES string of the molecule is O=C1CC(OC(F)(F)F)CO1. The van der Waals surface area contributed by atoms with E-state index in [0.717, 1.165) is 0 Å². The molecule has 64 valence electrons. The largest absolute Gasteiger partial charge is 0.522 e. The lowest BCUT2D eigenvalue weighted by molar-refractivity contribution is -0.341. The summed E-state index contributed by atoms with van der Waals surface area (Å²) in [5.74, 6) is -0.653. The second-order valence-corrected chi connectivity index (χ2v) is 2.07. The Morgan fingerprint density at radius 1 is 1.55 bits per heavy atom. The maximum atomic E-state index is 11.4. The number of cyclic esters (lactones) is 1. The van der Waals surface area contributed by atoms with Crippen LogP contribution in [0.4, 0.5) is 13.2 Å². The number of esters is 1. The van der Waals surface area contributed by atoms with Crippen LogP contribution in [-0.2, 0) is 14.3 Å². The van der Waals surface area contributed by atoms with Crippen molar-refractivity contribution in [3.05, 3.63) is 0 Å². The minimum atomic E-state index is -4.68. The standard InChI is InChI=1S/C5H5F3O3/c6-5(7,8)11-3-1-4(9)10-2-3/h3H,1-2H2. The van der Waals surface area contributed by atoms with Gasteiger partial charge in [0, 0.05) is 0 Å². The van der Waals surface area contributed by atoms with Gasteiger partial charge in [-0.2, -0.15) is 0 Å². The minimum absolute atomic E-state index is 0.307. The zero-order valence-corrected chi connectivity index (χ0v) is 5.35. The molecule has 0 spiro atoms. The van der Waals surface area contributed by atoms with Crippen LogP contribution in [0.25, 0.3) is 0 Å². The van der Waals surface area contributed by atoms with Crippen molar-refractivity contribution in [1.82, 2.24) is 0 Å². The molecule has 0 N–H and O–H groups in total. The van der Waals surface area contributed by atoms with Gasteiger partial charge in [0.25, 0.3) is 0 Å². The summed E-state index contributed by atoms with van der Waals surface area (Å²) >= 11 is 0. The number of alkyl halides is 3. The van der Waals surface area contributed by atoms with Crippen molar-refractivity contribution >= 4 is 5.97 Å². The summed E-state index contributed by atoms with van der Waals surface area (Å²) in [7, 11) is 0. The molecule has 0 aliphatic carbocycles. The van der Waals surface area contributed by atoms with Crippen LogP contribution in [0.15, 0.2) is 0 Å². The van der Waals surface area contributed by atoms with Crippen LogP contribution in [0.2, 0.25) is 0 Å². The maximum absolute atomic E-state index is 11.4. The van der Waals surface area contributed by atoms with Gasteiger partial charge in [0.1, 0.15) is 12.7 Å². The highest BCUT2D eigenvalue weighted by Gasteiger charge is 2.37. The summed E-state index contributed by atoms with van der Waals surface area (Å²) in [6.45, 7) is -0.307. The van der Waals surface area contributed by atoms with Crippen LogP contribution in [0.5, 0.6) is 0 Å². The monoisotopic (exact) mass is 170 g/mol. The van der Waals surface area contributed by atoms with E-state index in [2.05, 4.69) is 9.47 Å². The summed E-state index contributed by atoms with van der Waals surface area (Å²) in [6, 6.07) is 0. The van der Waals surface area contributed by atoms with E-state index in [1.807, 2.05) is 0 Å². The van der Waals surface area contributed by atoms with Gasteiger partial charge >= 0.3 is 12.3 Å². The van der Waals surface area contributed by atoms with Crippen molar-refractivity contribution < 1.29 is 27.4 Å². The van der Waals surface area contributed by atoms with Gasteiger partial charge in [-0.15, -0.1) is 13.2 Å². The molecule has 0 aromatic heterocycles. The average molecular weight is 170 g/mol. The minimum Gasteiger partial charge on any atom is -0.463 e. The van der Waals surface area contributed by atoms with Gasteiger partial charge < -0.3 is 4.74 Å². The molecule has 1 aliphatic rings. The smallest absolute Gasteiger partial charge is 0.463 e. The van der Waals surface area contributed by atoms with E-state index in [1.165, 1.54) is 0 Å². The fraction of sp³-hybridized carbons (Fsp3) is 0.800. The number of rotatable bonds is 1. The number of halogens is 3. The third-order valence-electron chi connectivity index (χ3n) is 1.12. The van der Waals surface area contributed by atoms with Crippen molar-refractivity contribution in [2.45, 2.75) is 18.9 Å². The van der Waals surface area contributed by atoms with E-state index in [4.69, 9.17) is 0 Å². The highest BCUT2D eigenvalue weighted by atomic mass is 19.4. The van der Waals surface area contributed by atoms with Crippen molar-refractivity contribution in [3.8, 4) is 0 Å². The highest BCUT2D eigenvalue weighted by molar-refractivity contribution is 5.71. The third-order valence-corrected chi connectivity index (χ3v) is 1.12. The Bertz CT molecular complexity index is 165. The molecule has 11 heavy (non-hydrogen) atoms. The molecule has 0 amide bonds. The summed E-state index contributed by atoms with van der Waals surface area (Å²) in [6.07, 6.45) is -6.17. The Hall–Kier alpha value is -0.780. The molecule has 1 heterocycles. The van der Waals surface area contributed by atoms with Gasteiger partial charge in [0.05, 0.1) is 6.42 Å². The van der Waals surface area contributed by atoms with Crippen LogP contribution in [0, 0.1) is 0 Å². The summed E-state index contributed by atoms with van der Waals surface area (Å²) in [5, 5.41) is 0. The predicted molar refractivity (Wildman–Crippen MR) is 26.5 cm³/mol. The first kappa shape index (κ1) is 8.32. The Labute approximate surface area is 60.1 Å². The summed E-state index contributed by atoms with van der Waals surface area (Å²) in [5.41, 5.74) is 0. The first-order valence-electron chi connectivity index (χ1n) is 2.87. The van der Waals surface area contributed by atoms with E-state index >= 15 is 0 Å². The van der Waals surface area contributed by atoms with E-state index in [-0.39, 0.29) is 13.0 Å². The normalized spacial score (nSPS) is 25.4. The Kier molecular flexibility index (Phi) is 2.03. The Morgan fingerprint density at radius 3 is 2.55 bits per heavy atom. The van der Waals surface area contributed by atoms with E-state index < -0.39 is 18.4 Å². The molecular weight excluding hydrogens is 165 g/mol. The molecule has 0 aromatic rings. The first-order chi connectivity index (χ1) is 4.97. The van der Waals surface area contributed by atoms with Crippen molar-refractivity contribution in [2.75, 3.05) is 6.61 Å². The predicted octanol–water partition coefficient (Wildman–Crippen LogP) is 0.838. The van der Waals surface area contributed by atoms with Crippen LogP contribution < -0.4 is 0 Å². The maximum Gasteiger partial charge on any atom is 0.522 e. The second kappa shape index (κ2) is 2.69. The lowest BCUT2D eigenvalue weighted by Gasteiger charge is -2.10. The lowest BCUT2D eigenvalue weighted by Crippen LogP contribution is -2.23. The van der Waals surface area contributed by atoms with E-state index in [1.54, 1.807) is 0 Å². The number of hydrogen-bond donors (Lipinski definition) is 0. The fourth-order valence-electron chi connectivity index (χ4n) is 0.754. The number of hydrogen-bond acceptors (Lipinski definition) is 3. The van der Waals surface area contributed by atoms with E-state index in [9.17, 15) is 18.0 Å². The summed E-state index contributed by atoms with van der Waals surface area (Å²) in [4.78, 5) is 10.3. The topological polar surface area (TPSA) is 35.5 Å². The molecule has 3 nitrogen and oxygen atoms in total. The van der Waals surface area contributed by atoms with Gasteiger partial charge in [-0.25, -0.2) is 0 Å². The van der Waals surface area contributed by atoms with Crippen molar-refractivity contribution in [1.29, 1.82) is 0 Å². The number of carbonyl (C=O) groups excluding carboxylic acids is 1. The van der Waals surface area contributed by atoms with Gasteiger partial charge in [-0.3, -0.25) is 9.53 Å². The molecule has 1 saturated heterocycles. The molecule has 1 fully saturated rings. The first-order valence-corrected chi connectivity index (χ1v) is 2.87. The molecule has 0 radical (unpaired) electrons. The van der Waals surface area contributed by atoms with Crippen LogP contribution in [0.1, 0.15) is 6.42 Å². The van der Waals surface area contributed by atoms with Gasteiger partial charge in [-0.05, 0) is 0 Å². The fourth-order valence-corrected chi connectivity index (χ4v) is 0.754.